The Morgan fingerprint density at radius 2 is 2.06 bits per heavy atom. The lowest BCUT2D eigenvalue weighted by Crippen LogP contribution is -2.24. The predicted octanol–water partition coefficient (Wildman–Crippen LogP) is 1.82. The van der Waals surface area contributed by atoms with Crippen LogP contribution in [0.5, 0.6) is 0 Å². The lowest BCUT2D eigenvalue weighted by atomic mass is 9.95. The molecule has 0 fully saturated rings. The highest BCUT2D eigenvalue weighted by Crippen LogP contribution is 2.27. The second-order valence-electron chi connectivity index (χ2n) is 4.08. The summed E-state index contributed by atoms with van der Waals surface area (Å²) in [6.45, 7) is 1.47. The van der Waals surface area contributed by atoms with E-state index in [0.29, 0.717) is 11.3 Å². The molecule has 1 heterocycles. The van der Waals surface area contributed by atoms with Crippen molar-refractivity contribution in [1.29, 1.82) is 0 Å². The number of fused-ring (bicyclic) bond motifs is 1. The minimum Gasteiger partial charge on any atom is -0.481 e. The van der Waals surface area contributed by atoms with E-state index in [9.17, 15) is 9.59 Å². The van der Waals surface area contributed by atoms with Crippen LogP contribution >= 0.6 is 12.6 Å². The van der Waals surface area contributed by atoms with Crippen LogP contribution in [0.4, 0.5) is 0 Å². The number of rotatable bonds is 4. The maximum Gasteiger partial charge on any atom is 0.307 e. The average Bonchev–Trinajstić information content (AvgIpc) is 2.71. The van der Waals surface area contributed by atoms with Gasteiger partial charge in [-0.2, -0.15) is 0 Å². The Morgan fingerprint density at radius 1 is 1.39 bits per heavy atom. The zero-order chi connectivity index (χ0) is 13.3. The number of carbonyl (C=O) groups is 2. The highest BCUT2D eigenvalue weighted by Gasteiger charge is 2.32. The molecule has 0 radical (unpaired) electrons. The quantitative estimate of drug-likeness (QED) is 0.736. The summed E-state index contributed by atoms with van der Waals surface area (Å²) < 4.78 is 0. The normalized spacial score (nSPS) is 14.3. The second kappa shape index (κ2) is 4.81. The molecule has 6 heteroatoms. The lowest BCUT2D eigenvalue weighted by molar-refractivity contribution is -0.143. The zero-order valence-electron chi connectivity index (χ0n) is 9.62. The molecule has 2 N–H and O–H groups in total. The van der Waals surface area contributed by atoms with Crippen LogP contribution in [-0.2, 0) is 9.59 Å². The van der Waals surface area contributed by atoms with Crippen molar-refractivity contribution in [3.05, 3.63) is 30.1 Å². The Hall–Kier alpha value is -1.82. The van der Waals surface area contributed by atoms with E-state index in [1.807, 2.05) is 18.2 Å². The van der Waals surface area contributed by atoms with Crippen LogP contribution in [0.2, 0.25) is 0 Å². The molecule has 2 rings (SSSR count). The van der Waals surface area contributed by atoms with Gasteiger partial charge in [-0.1, -0.05) is 19.1 Å². The molecular formula is C12H12N2O3S. The number of nitrogens with zero attached hydrogens (tertiary/aromatic N) is 1. The fraction of sp³-hybridized carbons (Fsp3) is 0.250. The van der Waals surface area contributed by atoms with Crippen LogP contribution in [0.25, 0.3) is 11.0 Å². The molecule has 94 valence electrons. The Labute approximate surface area is 109 Å². The summed E-state index contributed by atoms with van der Waals surface area (Å²) in [6.07, 6.45) is 0. The number of hydrogen-bond donors (Lipinski definition) is 3. The first-order valence-electron chi connectivity index (χ1n) is 5.41. The monoisotopic (exact) mass is 264 g/mol. The number of imidazole rings is 1. The maximum absolute atomic E-state index is 11.5. The van der Waals surface area contributed by atoms with E-state index in [2.05, 4.69) is 22.6 Å². The number of carbonyl (C=O) groups excluding carboxylic acids is 1. The van der Waals surface area contributed by atoms with Gasteiger partial charge >= 0.3 is 5.97 Å². The largest absolute Gasteiger partial charge is 0.481 e. The molecule has 0 aliphatic rings. The van der Waals surface area contributed by atoms with Gasteiger partial charge in [0.2, 0.25) is 0 Å². The number of aromatic nitrogens is 2. The van der Waals surface area contributed by atoms with Crippen molar-refractivity contribution in [3.8, 4) is 0 Å². The Balaban J connectivity index is 2.48. The molecule has 0 bridgehead atoms. The van der Waals surface area contributed by atoms with Gasteiger partial charge in [0.05, 0.1) is 22.9 Å². The van der Waals surface area contributed by atoms with Gasteiger partial charge in [-0.05, 0) is 12.1 Å². The third kappa shape index (κ3) is 2.24. The van der Waals surface area contributed by atoms with Gasteiger partial charge in [-0.25, -0.2) is 4.98 Å². The maximum atomic E-state index is 11.5. The highest BCUT2D eigenvalue weighted by molar-refractivity contribution is 7.96. The van der Waals surface area contributed by atoms with Crippen molar-refractivity contribution < 1.29 is 14.7 Å². The number of H-pyrrole nitrogens is 1. The van der Waals surface area contributed by atoms with Crippen molar-refractivity contribution in [2.24, 2.45) is 5.92 Å². The number of aliphatic carboxylic acids is 1. The first-order valence-corrected chi connectivity index (χ1v) is 5.85. The number of thiol groups is 1. The first kappa shape index (κ1) is 12.6. The molecule has 2 unspecified atom stereocenters. The fourth-order valence-electron chi connectivity index (χ4n) is 1.83. The summed E-state index contributed by atoms with van der Waals surface area (Å²) in [5.41, 5.74) is 1.47. The average molecular weight is 264 g/mol. The Bertz CT molecular complexity index is 575. The molecule has 1 aromatic heterocycles. The standard InChI is InChI=1S/C12H12N2O3S/c1-6(11(15)16)9(12(17)18)10-13-7-4-2-3-5-8(7)14-10/h2-6,9H,1H3,(H,13,14)(H,15,16)(H,17,18). The van der Waals surface area contributed by atoms with Crippen molar-refractivity contribution in [3.63, 3.8) is 0 Å². The van der Waals surface area contributed by atoms with Crippen LogP contribution in [0.1, 0.15) is 18.7 Å². The van der Waals surface area contributed by atoms with Crippen LogP contribution < -0.4 is 0 Å². The van der Waals surface area contributed by atoms with Gasteiger partial charge in [-0.3, -0.25) is 9.59 Å². The molecule has 0 saturated heterocycles. The molecule has 2 aromatic rings. The second-order valence-corrected chi connectivity index (χ2v) is 4.52. The third-order valence-corrected chi connectivity index (χ3v) is 3.14. The summed E-state index contributed by atoms with van der Waals surface area (Å²) in [4.78, 5) is 29.7. The third-order valence-electron chi connectivity index (χ3n) is 2.86. The molecule has 1 aromatic carbocycles. The summed E-state index contributed by atoms with van der Waals surface area (Å²) >= 11 is 3.76. The van der Waals surface area contributed by atoms with Crippen LogP contribution in [0.15, 0.2) is 24.3 Å². The van der Waals surface area contributed by atoms with Gasteiger partial charge in [0, 0.05) is 0 Å². The molecular weight excluding hydrogens is 252 g/mol. The minimum atomic E-state index is -1.05. The number of aromatic amines is 1. The number of nitrogens with one attached hydrogen (secondary N) is 1. The van der Waals surface area contributed by atoms with Crippen LogP contribution in [-0.4, -0.2) is 26.2 Å². The van der Waals surface area contributed by atoms with Gasteiger partial charge in [0.15, 0.2) is 5.12 Å². The predicted molar refractivity (Wildman–Crippen MR) is 69.6 cm³/mol. The zero-order valence-corrected chi connectivity index (χ0v) is 10.5. The highest BCUT2D eigenvalue weighted by atomic mass is 32.1. The molecule has 18 heavy (non-hydrogen) atoms. The van der Waals surface area contributed by atoms with E-state index in [4.69, 9.17) is 5.11 Å². The number of para-hydroxylation sites is 2. The van der Waals surface area contributed by atoms with E-state index >= 15 is 0 Å². The van der Waals surface area contributed by atoms with Gasteiger partial charge in [0.1, 0.15) is 5.82 Å². The van der Waals surface area contributed by atoms with Crippen molar-refractivity contribution in [2.45, 2.75) is 12.8 Å². The van der Waals surface area contributed by atoms with E-state index in [1.54, 1.807) is 6.07 Å². The van der Waals surface area contributed by atoms with Crippen molar-refractivity contribution in [2.75, 3.05) is 0 Å². The minimum absolute atomic E-state index is 0.339. The molecule has 0 saturated carbocycles. The number of hydrogen-bond acceptors (Lipinski definition) is 3. The first-order chi connectivity index (χ1) is 8.50. The van der Waals surface area contributed by atoms with Crippen molar-refractivity contribution in [1.82, 2.24) is 9.97 Å². The van der Waals surface area contributed by atoms with E-state index in [1.165, 1.54) is 6.92 Å². The Morgan fingerprint density at radius 3 is 2.61 bits per heavy atom. The fourth-order valence-corrected chi connectivity index (χ4v) is 2.18. The molecule has 0 amide bonds. The van der Waals surface area contributed by atoms with E-state index in [-0.39, 0.29) is 0 Å². The number of benzene rings is 1. The number of carboxylic acid groups (broad SMARTS) is 1. The van der Waals surface area contributed by atoms with E-state index in [0.717, 1.165) is 5.52 Å². The van der Waals surface area contributed by atoms with Gasteiger partial charge in [0.25, 0.3) is 0 Å². The SMILES string of the molecule is CC(C(=O)O)C(C(=O)S)c1nc2ccccc2[nH]1. The lowest BCUT2D eigenvalue weighted by Gasteiger charge is -2.14. The summed E-state index contributed by atoms with van der Waals surface area (Å²) in [7, 11) is 0. The van der Waals surface area contributed by atoms with Crippen LogP contribution in [0, 0.1) is 5.92 Å². The smallest absolute Gasteiger partial charge is 0.307 e. The molecule has 2 atom stereocenters. The molecule has 0 spiro atoms. The number of carboxylic acids is 1. The molecule has 0 aliphatic carbocycles. The van der Waals surface area contributed by atoms with Gasteiger partial charge in [-0.15, -0.1) is 12.6 Å². The summed E-state index contributed by atoms with van der Waals surface area (Å²) in [6, 6.07) is 7.27. The summed E-state index contributed by atoms with van der Waals surface area (Å²) in [5, 5.41) is 8.50. The topological polar surface area (TPSA) is 83.0 Å². The van der Waals surface area contributed by atoms with Gasteiger partial charge < -0.3 is 10.1 Å². The summed E-state index contributed by atoms with van der Waals surface area (Å²) in [5.74, 6) is -2.47. The molecule has 0 aliphatic heterocycles. The van der Waals surface area contributed by atoms with Crippen molar-refractivity contribution >= 4 is 34.7 Å². The Kier molecular flexibility index (Phi) is 3.38. The molecule has 5 nitrogen and oxygen atoms in total. The van der Waals surface area contributed by atoms with Crippen LogP contribution in [0.3, 0.4) is 0 Å². The van der Waals surface area contributed by atoms with E-state index < -0.39 is 22.9 Å².